The van der Waals surface area contributed by atoms with Crippen LogP contribution in [0.5, 0.6) is 0 Å². The summed E-state index contributed by atoms with van der Waals surface area (Å²) in [7, 11) is 0. The van der Waals surface area contributed by atoms with E-state index in [0.29, 0.717) is 5.82 Å². The minimum Gasteiger partial charge on any atom is -0.310 e. The Balaban J connectivity index is 0.950. The molecular weight excluding hydrogens is 851 g/mol. The predicted molar refractivity (Wildman–Crippen MR) is 292 cm³/mol. The minimum atomic E-state index is 0.711. The number of para-hydroxylation sites is 4. The van der Waals surface area contributed by atoms with Crippen molar-refractivity contribution in [3.63, 3.8) is 0 Å². The van der Waals surface area contributed by atoms with Crippen LogP contribution in [0, 0.1) is 6.92 Å². The molecule has 5 heteroatoms. The van der Waals surface area contributed by atoms with Gasteiger partial charge in [0.25, 0.3) is 0 Å². The van der Waals surface area contributed by atoms with Gasteiger partial charge in [-0.2, -0.15) is 0 Å². The Morgan fingerprint density at radius 1 is 0.300 bits per heavy atom. The molecule has 332 valence electrons. The minimum absolute atomic E-state index is 0.711. The van der Waals surface area contributed by atoms with Gasteiger partial charge < -0.3 is 14.4 Å². The van der Waals surface area contributed by atoms with Crippen LogP contribution in [-0.4, -0.2) is 14.5 Å². The Kier molecular flexibility index (Phi) is 11.1. The summed E-state index contributed by atoms with van der Waals surface area (Å²) in [6.07, 6.45) is 0. The molecular formula is C65H47N5. The standard InChI is InChI=1S/C65H47N5/c1-46-27-29-51(30-28-46)65-66-61(49-17-7-2-8-18-49)45-62(67-65)50-33-31-47(32-34-50)48-35-37-56(38-36-48)70-63-41-39-57(68(52-19-9-3-10-20-52)53-21-11-4-12-22-53)43-59(63)60-44-58(40-42-64(60)70)69(54-23-13-5-14-24-54)55-25-15-6-16-26-55/h2-45H,1H3. The average Bonchev–Trinajstić information content (AvgIpc) is 3.75. The Morgan fingerprint density at radius 3 is 1.09 bits per heavy atom. The van der Waals surface area contributed by atoms with Crippen LogP contribution in [-0.2, 0) is 0 Å². The zero-order valence-corrected chi connectivity index (χ0v) is 38.6. The summed E-state index contributed by atoms with van der Waals surface area (Å²) in [4.78, 5) is 14.8. The van der Waals surface area contributed by atoms with Gasteiger partial charge in [-0.1, -0.05) is 169 Å². The molecule has 70 heavy (non-hydrogen) atoms. The van der Waals surface area contributed by atoms with E-state index in [1.54, 1.807) is 0 Å². The zero-order chi connectivity index (χ0) is 46.8. The number of aryl methyl sites for hydroxylation is 1. The molecule has 0 spiro atoms. The fraction of sp³-hybridized carbons (Fsp3) is 0.0154. The molecule has 0 aliphatic heterocycles. The molecule has 2 heterocycles. The van der Waals surface area contributed by atoms with Gasteiger partial charge in [0.1, 0.15) is 0 Å². The first-order valence-corrected chi connectivity index (χ1v) is 23.7. The maximum absolute atomic E-state index is 5.09. The van der Waals surface area contributed by atoms with E-state index in [1.165, 1.54) is 5.56 Å². The van der Waals surface area contributed by atoms with Crippen LogP contribution in [0.25, 0.3) is 72.5 Å². The van der Waals surface area contributed by atoms with Gasteiger partial charge in [0.15, 0.2) is 5.82 Å². The van der Waals surface area contributed by atoms with Crippen LogP contribution in [0.1, 0.15) is 5.56 Å². The van der Waals surface area contributed by atoms with Crippen molar-refractivity contribution in [3.05, 3.63) is 272 Å². The molecule has 12 rings (SSSR count). The summed E-state index contributed by atoms with van der Waals surface area (Å²) >= 11 is 0. The SMILES string of the molecule is Cc1ccc(-c2nc(-c3ccccc3)cc(-c3ccc(-c4ccc(-n5c6ccc(N(c7ccccc7)c7ccccc7)cc6c6cc(N(c7ccccc7)c7ccccc7)ccc65)cc4)cc3)n2)cc1. The number of aromatic nitrogens is 3. The highest BCUT2D eigenvalue weighted by molar-refractivity contribution is 6.12. The highest BCUT2D eigenvalue weighted by Crippen LogP contribution is 2.43. The van der Waals surface area contributed by atoms with Crippen LogP contribution in [0.3, 0.4) is 0 Å². The normalized spacial score (nSPS) is 11.2. The first kappa shape index (κ1) is 42.1. The molecule has 0 N–H and O–H groups in total. The van der Waals surface area contributed by atoms with Crippen molar-refractivity contribution in [1.82, 2.24) is 14.5 Å². The zero-order valence-electron chi connectivity index (χ0n) is 38.6. The molecule has 0 fully saturated rings. The lowest BCUT2D eigenvalue weighted by molar-refractivity contribution is 1.18. The summed E-state index contributed by atoms with van der Waals surface area (Å²) in [6, 6.07) is 94.8. The Morgan fingerprint density at radius 2 is 0.657 bits per heavy atom. The monoisotopic (exact) mass is 897 g/mol. The third-order valence-electron chi connectivity index (χ3n) is 13.1. The predicted octanol–water partition coefficient (Wildman–Crippen LogP) is 17.5. The summed E-state index contributed by atoms with van der Waals surface area (Å²) in [5, 5.41) is 2.33. The Hall–Kier alpha value is -9.32. The second-order valence-corrected chi connectivity index (χ2v) is 17.6. The van der Waals surface area contributed by atoms with Crippen molar-refractivity contribution in [1.29, 1.82) is 0 Å². The summed E-state index contributed by atoms with van der Waals surface area (Å²) < 4.78 is 2.40. The molecule has 0 saturated carbocycles. The highest BCUT2D eigenvalue weighted by atomic mass is 15.1. The molecule has 0 atom stereocenters. The fourth-order valence-corrected chi connectivity index (χ4v) is 9.58. The molecule has 0 amide bonds. The molecule has 0 bridgehead atoms. The lowest BCUT2D eigenvalue weighted by Gasteiger charge is -2.26. The molecule has 2 aromatic heterocycles. The smallest absolute Gasteiger partial charge is 0.160 e. The van der Waals surface area contributed by atoms with Gasteiger partial charge in [0, 0.05) is 67.3 Å². The molecule has 10 aromatic carbocycles. The number of nitrogens with zero attached hydrogens (tertiary/aromatic N) is 5. The van der Waals surface area contributed by atoms with Crippen LogP contribution in [0.2, 0.25) is 0 Å². The third-order valence-corrected chi connectivity index (χ3v) is 13.1. The van der Waals surface area contributed by atoms with Crippen LogP contribution in [0.15, 0.2) is 267 Å². The quantitative estimate of drug-likeness (QED) is 0.130. The lowest BCUT2D eigenvalue weighted by atomic mass is 10.0. The summed E-state index contributed by atoms with van der Waals surface area (Å²) in [5.74, 6) is 0.711. The van der Waals surface area contributed by atoms with E-state index < -0.39 is 0 Å². The van der Waals surface area contributed by atoms with Crippen molar-refractivity contribution in [2.24, 2.45) is 0 Å². The molecule has 0 aliphatic rings. The van der Waals surface area contributed by atoms with Gasteiger partial charge in [-0.25, -0.2) is 9.97 Å². The third kappa shape index (κ3) is 8.16. The molecule has 0 unspecified atom stereocenters. The fourth-order valence-electron chi connectivity index (χ4n) is 9.58. The van der Waals surface area contributed by atoms with E-state index >= 15 is 0 Å². The second kappa shape index (κ2) is 18.4. The maximum Gasteiger partial charge on any atom is 0.160 e. The van der Waals surface area contributed by atoms with Crippen LogP contribution < -0.4 is 9.80 Å². The number of anilines is 6. The van der Waals surface area contributed by atoms with E-state index in [1.807, 2.05) is 6.07 Å². The second-order valence-electron chi connectivity index (χ2n) is 17.6. The van der Waals surface area contributed by atoms with E-state index in [-0.39, 0.29) is 0 Å². The largest absolute Gasteiger partial charge is 0.310 e. The maximum atomic E-state index is 5.09. The van der Waals surface area contributed by atoms with Crippen molar-refractivity contribution in [3.8, 4) is 50.7 Å². The Labute approximate surface area is 408 Å². The van der Waals surface area contributed by atoms with E-state index in [2.05, 4.69) is 282 Å². The van der Waals surface area contributed by atoms with Gasteiger partial charge in [0.05, 0.1) is 22.4 Å². The van der Waals surface area contributed by atoms with Crippen molar-refractivity contribution in [2.75, 3.05) is 9.80 Å². The number of hydrogen-bond acceptors (Lipinski definition) is 4. The van der Waals surface area contributed by atoms with Gasteiger partial charge in [0.2, 0.25) is 0 Å². The van der Waals surface area contributed by atoms with Crippen molar-refractivity contribution in [2.45, 2.75) is 6.92 Å². The summed E-state index contributed by atoms with van der Waals surface area (Å²) in [5.41, 5.74) is 18.2. The number of fused-ring (bicyclic) bond motifs is 3. The molecule has 0 radical (unpaired) electrons. The first-order valence-electron chi connectivity index (χ1n) is 23.7. The van der Waals surface area contributed by atoms with Gasteiger partial charge in [-0.3, -0.25) is 0 Å². The van der Waals surface area contributed by atoms with Crippen LogP contribution >= 0.6 is 0 Å². The number of rotatable bonds is 11. The van der Waals surface area contributed by atoms with Gasteiger partial charge in [-0.05, 0) is 121 Å². The molecule has 0 saturated heterocycles. The van der Waals surface area contributed by atoms with E-state index in [9.17, 15) is 0 Å². The van der Waals surface area contributed by atoms with Crippen molar-refractivity contribution >= 4 is 55.9 Å². The van der Waals surface area contributed by atoms with E-state index in [4.69, 9.17) is 9.97 Å². The Bertz CT molecular complexity index is 3510. The molecule has 0 aliphatic carbocycles. The van der Waals surface area contributed by atoms with E-state index in [0.717, 1.165) is 101 Å². The topological polar surface area (TPSA) is 37.2 Å². The van der Waals surface area contributed by atoms with Gasteiger partial charge >= 0.3 is 0 Å². The molecule has 12 aromatic rings. The van der Waals surface area contributed by atoms with Gasteiger partial charge in [-0.15, -0.1) is 0 Å². The number of hydrogen-bond donors (Lipinski definition) is 0. The molecule has 5 nitrogen and oxygen atoms in total. The van der Waals surface area contributed by atoms with Crippen molar-refractivity contribution < 1.29 is 0 Å². The number of benzene rings is 10. The van der Waals surface area contributed by atoms with Crippen LogP contribution in [0.4, 0.5) is 34.1 Å². The first-order chi connectivity index (χ1) is 34.6. The summed E-state index contributed by atoms with van der Waals surface area (Å²) in [6.45, 7) is 2.10. The lowest BCUT2D eigenvalue weighted by Crippen LogP contribution is -2.09. The average molecular weight is 898 g/mol. The highest BCUT2D eigenvalue weighted by Gasteiger charge is 2.20.